The molecule has 1 aromatic rings. The molecule has 3 heteroatoms. The molecular weight excluding hydrogens is 246 g/mol. The number of aromatic nitrogens is 1. The van der Waals surface area contributed by atoms with E-state index in [1.165, 1.54) is 49.7 Å². The van der Waals surface area contributed by atoms with Crippen molar-refractivity contribution in [2.24, 2.45) is 5.92 Å². The topological polar surface area (TPSA) is 50.9 Å². The quantitative estimate of drug-likeness (QED) is 0.799. The molecule has 1 heterocycles. The van der Waals surface area contributed by atoms with E-state index in [0.717, 1.165) is 13.0 Å². The van der Waals surface area contributed by atoms with Crippen molar-refractivity contribution in [1.29, 1.82) is 0 Å². The predicted molar refractivity (Wildman–Crippen MR) is 85.6 cm³/mol. The molecule has 0 saturated heterocycles. The Kier molecular flexibility index (Phi) is 5.84. The molecule has 0 radical (unpaired) electrons. The monoisotopic (exact) mass is 275 g/mol. The van der Waals surface area contributed by atoms with Gasteiger partial charge in [0.2, 0.25) is 0 Å². The summed E-state index contributed by atoms with van der Waals surface area (Å²) in [5, 5.41) is 3.73. The molecule has 2 rings (SSSR count). The standard InChI is InChI=1S/C17H29N3/c1-3-10-19-16(14-8-6-4-5-7-9-14)15-11-13(2)12-20-17(15)18/h11-12,14,16,19H,3-10H2,1-2H3,(H2,18,20). The molecule has 0 bridgehead atoms. The molecular formula is C17H29N3. The molecule has 1 saturated carbocycles. The van der Waals surface area contributed by atoms with Gasteiger partial charge < -0.3 is 11.1 Å². The van der Waals surface area contributed by atoms with Crippen LogP contribution in [-0.2, 0) is 0 Å². The Morgan fingerprint density at radius 3 is 2.65 bits per heavy atom. The van der Waals surface area contributed by atoms with E-state index in [4.69, 9.17) is 5.73 Å². The minimum Gasteiger partial charge on any atom is -0.383 e. The second-order valence-electron chi connectivity index (χ2n) is 6.17. The molecule has 3 N–H and O–H groups in total. The molecule has 1 unspecified atom stereocenters. The van der Waals surface area contributed by atoms with Crippen LogP contribution in [-0.4, -0.2) is 11.5 Å². The summed E-state index contributed by atoms with van der Waals surface area (Å²) in [5.74, 6) is 1.41. The summed E-state index contributed by atoms with van der Waals surface area (Å²) in [5.41, 5.74) is 8.57. The van der Waals surface area contributed by atoms with Gasteiger partial charge in [-0.25, -0.2) is 4.98 Å². The third-order valence-corrected chi connectivity index (χ3v) is 4.41. The van der Waals surface area contributed by atoms with Crippen LogP contribution in [0.1, 0.15) is 69.0 Å². The van der Waals surface area contributed by atoms with Crippen LogP contribution in [0, 0.1) is 12.8 Å². The first kappa shape index (κ1) is 15.3. The van der Waals surface area contributed by atoms with Gasteiger partial charge in [-0.1, -0.05) is 32.6 Å². The normalized spacial score (nSPS) is 18.7. The zero-order valence-electron chi connectivity index (χ0n) is 13.0. The summed E-state index contributed by atoms with van der Waals surface area (Å²) >= 11 is 0. The highest BCUT2D eigenvalue weighted by Crippen LogP contribution is 2.35. The van der Waals surface area contributed by atoms with Crippen LogP contribution in [0.2, 0.25) is 0 Å². The van der Waals surface area contributed by atoms with Gasteiger partial charge in [0.15, 0.2) is 0 Å². The highest BCUT2D eigenvalue weighted by Gasteiger charge is 2.25. The Bertz CT molecular complexity index is 409. The summed E-state index contributed by atoms with van der Waals surface area (Å²) in [7, 11) is 0. The molecule has 112 valence electrons. The van der Waals surface area contributed by atoms with Gasteiger partial charge in [0.1, 0.15) is 5.82 Å². The summed E-state index contributed by atoms with van der Waals surface area (Å²) in [6, 6.07) is 2.60. The van der Waals surface area contributed by atoms with Gasteiger partial charge in [-0.2, -0.15) is 0 Å². The molecule has 0 aliphatic heterocycles. The molecule has 0 aromatic carbocycles. The number of nitrogens with one attached hydrogen (secondary N) is 1. The van der Waals surface area contributed by atoms with Crippen molar-refractivity contribution in [2.75, 3.05) is 12.3 Å². The van der Waals surface area contributed by atoms with Crippen LogP contribution in [0.3, 0.4) is 0 Å². The lowest BCUT2D eigenvalue weighted by atomic mass is 9.87. The van der Waals surface area contributed by atoms with E-state index in [1.54, 1.807) is 0 Å². The Morgan fingerprint density at radius 1 is 1.30 bits per heavy atom. The summed E-state index contributed by atoms with van der Waals surface area (Å²) < 4.78 is 0. The lowest BCUT2D eigenvalue weighted by Gasteiger charge is -2.28. The highest BCUT2D eigenvalue weighted by atomic mass is 14.9. The van der Waals surface area contributed by atoms with Gasteiger partial charge in [0, 0.05) is 17.8 Å². The average Bonchev–Trinajstić information content (AvgIpc) is 2.72. The number of nitrogens with zero attached hydrogens (tertiary/aromatic N) is 1. The molecule has 1 aromatic heterocycles. The fraction of sp³-hybridized carbons (Fsp3) is 0.706. The third-order valence-electron chi connectivity index (χ3n) is 4.41. The lowest BCUT2D eigenvalue weighted by Crippen LogP contribution is -2.30. The van der Waals surface area contributed by atoms with E-state index >= 15 is 0 Å². The Labute approximate surface area is 123 Å². The fourth-order valence-electron chi connectivity index (χ4n) is 3.33. The first-order valence-corrected chi connectivity index (χ1v) is 8.17. The number of anilines is 1. The van der Waals surface area contributed by atoms with Gasteiger partial charge in [-0.15, -0.1) is 0 Å². The zero-order chi connectivity index (χ0) is 14.4. The molecule has 1 fully saturated rings. The number of aryl methyl sites for hydroxylation is 1. The van der Waals surface area contributed by atoms with Gasteiger partial charge >= 0.3 is 0 Å². The van der Waals surface area contributed by atoms with Crippen molar-refractivity contribution in [3.05, 3.63) is 23.4 Å². The van der Waals surface area contributed by atoms with Crippen molar-refractivity contribution in [3.8, 4) is 0 Å². The van der Waals surface area contributed by atoms with Crippen molar-refractivity contribution in [2.45, 2.75) is 64.8 Å². The number of nitrogen functional groups attached to an aromatic ring is 1. The Balaban J connectivity index is 2.22. The Hall–Kier alpha value is -1.09. The predicted octanol–water partition coefficient (Wildman–Crippen LogP) is 3.98. The second kappa shape index (κ2) is 7.63. The van der Waals surface area contributed by atoms with Crippen LogP contribution in [0.5, 0.6) is 0 Å². The van der Waals surface area contributed by atoms with E-state index < -0.39 is 0 Å². The van der Waals surface area contributed by atoms with Crippen LogP contribution in [0.25, 0.3) is 0 Å². The number of rotatable bonds is 5. The molecule has 1 atom stereocenters. The largest absolute Gasteiger partial charge is 0.383 e. The van der Waals surface area contributed by atoms with E-state index in [1.807, 2.05) is 6.20 Å². The number of nitrogens with two attached hydrogens (primary N) is 1. The minimum atomic E-state index is 0.375. The molecule has 3 nitrogen and oxygen atoms in total. The van der Waals surface area contributed by atoms with Gasteiger partial charge in [-0.05, 0) is 50.3 Å². The smallest absolute Gasteiger partial charge is 0.128 e. The number of hydrogen-bond donors (Lipinski definition) is 2. The molecule has 0 spiro atoms. The maximum Gasteiger partial charge on any atom is 0.128 e. The van der Waals surface area contributed by atoms with Crippen LogP contribution >= 0.6 is 0 Å². The van der Waals surface area contributed by atoms with E-state index in [-0.39, 0.29) is 0 Å². The Morgan fingerprint density at radius 2 is 2.00 bits per heavy atom. The van der Waals surface area contributed by atoms with Crippen LogP contribution in [0.15, 0.2) is 12.3 Å². The van der Waals surface area contributed by atoms with E-state index in [0.29, 0.717) is 17.8 Å². The van der Waals surface area contributed by atoms with Crippen LogP contribution < -0.4 is 11.1 Å². The second-order valence-corrected chi connectivity index (χ2v) is 6.17. The maximum absolute atomic E-state index is 6.16. The average molecular weight is 275 g/mol. The van der Waals surface area contributed by atoms with Crippen molar-refractivity contribution >= 4 is 5.82 Å². The summed E-state index contributed by atoms with van der Waals surface area (Å²) in [4.78, 5) is 4.36. The molecule has 20 heavy (non-hydrogen) atoms. The van der Waals surface area contributed by atoms with Crippen molar-refractivity contribution in [3.63, 3.8) is 0 Å². The molecule has 1 aliphatic carbocycles. The first-order chi connectivity index (χ1) is 9.72. The minimum absolute atomic E-state index is 0.375. The van der Waals surface area contributed by atoms with Crippen LogP contribution in [0.4, 0.5) is 5.82 Å². The maximum atomic E-state index is 6.16. The van der Waals surface area contributed by atoms with Gasteiger partial charge in [0.25, 0.3) is 0 Å². The van der Waals surface area contributed by atoms with Crippen molar-refractivity contribution in [1.82, 2.24) is 10.3 Å². The molecule has 1 aliphatic rings. The molecule has 0 amide bonds. The van der Waals surface area contributed by atoms with Gasteiger partial charge in [-0.3, -0.25) is 0 Å². The zero-order valence-corrected chi connectivity index (χ0v) is 13.0. The first-order valence-electron chi connectivity index (χ1n) is 8.17. The van der Waals surface area contributed by atoms with E-state index in [2.05, 4.69) is 30.2 Å². The highest BCUT2D eigenvalue weighted by molar-refractivity contribution is 5.43. The fourth-order valence-corrected chi connectivity index (χ4v) is 3.33. The lowest BCUT2D eigenvalue weighted by molar-refractivity contribution is 0.326. The summed E-state index contributed by atoms with van der Waals surface area (Å²) in [6.45, 7) is 5.36. The third kappa shape index (κ3) is 3.95. The van der Waals surface area contributed by atoms with Crippen molar-refractivity contribution < 1.29 is 0 Å². The number of pyridine rings is 1. The summed E-state index contributed by atoms with van der Waals surface area (Å²) in [6.07, 6.45) is 11.1. The van der Waals surface area contributed by atoms with E-state index in [9.17, 15) is 0 Å². The SMILES string of the molecule is CCCNC(c1cc(C)cnc1N)C1CCCCCC1. The number of hydrogen-bond acceptors (Lipinski definition) is 3. The van der Waals surface area contributed by atoms with Gasteiger partial charge in [0.05, 0.1) is 0 Å².